The third kappa shape index (κ3) is 5.12. The number of rotatable bonds is 5. The number of hydrogen-bond donors (Lipinski definition) is 0. The van der Waals surface area contributed by atoms with Crippen molar-refractivity contribution < 1.29 is 0 Å². The van der Waals surface area contributed by atoms with E-state index in [-0.39, 0.29) is 11.5 Å². The number of benzene rings is 8. The van der Waals surface area contributed by atoms with Gasteiger partial charge < -0.3 is 9.47 Å². The first-order valence-corrected chi connectivity index (χ1v) is 21.2. The third-order valence-electron chi connectivity index (χ3n) is 13.6. The Labute approximate surface area is 345 Å². The summed E-state index contributed by atoms with van der Waals surface area (Å²) in [5, 5.41) is 10.5. The smallest absolute Gasteiger partial charge is 0.0626 e. The van der Waals surface area contributed by atoms with Gasteiger partial charge in [-0.25, -0.2) is 0 Å². The molecule has 0 saturated carbocycles. The van der Waals surface area contributed by atoms with Crippen LogP contribution in [0.3, 0.4) is 0 Å². The van der Waals surface area contributed by atoms with Crippen molar-refractivity contribution in [2.75, 3.05) is 4.90 Å². The van der Waals surface area contributed by atoms with Crippen molar-refractivity contribution in [1.82, 2.24) is 4.57 Å². The van der Waals surface area contributed by atoms with Crippen molar-refractivity contribution in [1.29, 1.82) is 0 Å². The highest BCUT2D eigenvalue weighted by molar-refractivity contribution is 6.37. The molecule has 0 bridgehead atoms. The maximum absolute atomic E-state index is 2.54. The molecule has 8 aromatic carbocycles. The van der Waals surface area contributed by atoms with Crippen LogP contribution >= 0.6 is 0 Å². The summed E-state index contributed by atoms with van der Waals surface area (Å²) >= 11 is 0. The molecule has 0 spiro atoms. The van der Waals surface area contributed by atoms with Gasteiger partial charge in [0.2, 0.25) is 0 Å². The minimum atomic E-state index is -0.0477. The van der Waals surface area contributed by atoms with Gasteiger partial charge in [0.15, 0.2) is 0 Å². The van der Waals surface area contributed by atoms with E-state index in [0.29, 0.717) is 5.92 Å². The van der Waals surface area contributed by atoms with Crippen molar-refractivity contribution in [3.05, 3.63) is 211 Å². The summed E-state index contributed by atoms with van der Waals surface area (Å²) in [5.41, 5.74) is 13.1. The maximum Gasteiger partial charge on any atom is 0.0626 e. The van der Waals surface area contributed by atoms with E-state index in [2.05, 4.69) is 218 Å². The molecule has 3 aliphatic rings. The molecule has 0 radical (unpaired) electrons. The first kappa shape index (κ1) is 34.2. The highest BCUT2D eigenvalue weighted by atomic mass is 15.2. The van der Waals surface area contributed by atoms with Crippen LogP contribution in [0.5, 0.6) is 0 Å². The number of para-hydroxylation sites is 1. The van der Waals surface area contributed by atoms with Gasteiger partial charge in [0, 0.05) is 49.9 Å². The Morgan fingerprint density at radius 1 is 0.559 bits per heavy atom. The first-order chi connectivity index (χ1) is 29.0. The van der Waals surface area contributed by atoms with E-state index < -0.39 is 0 Å². The molecule has 0 fully saturated rings. The Morgan fingerprint density at radius 2 is 1.29 bits per heavy atom. The highest BCUT2D eigenvalue weighted by Crippen LogP contribution is 2.51. The molecule has 282 valence electrons. The van der Waals surface area contributed by atoms with Gasteiger partial charge in [-0.15, -0.1) is 0 Å². The second-order valence-electron chi connectivity index (χ2n) is 17.1. The van der Waals surface area contributed by atoms with Crippen LogP contribution < -0.4 is 4.90 Å². The monoisotopic (exact) mass is 756 g/mol. The van der Waals surface area contributed by atoms with Crippen LogP contribution in [0.2, 0.25) is 0 Å². The molecule has 1 aromatic heterocycles. The van der Waals surface area contributed by atoms with Gasteiger partial charge in [0.25, 0.3) is 0 Å². The molecule has 1 heterocycles. The van der Waals surface area contributed by atoms with E-state index in [0.717, 1.165) is 12.8 Å². The van der Waals surface area contributed by atoms with Gasteiger partial charge in [0.05, 0.1) is 17.1 Å². The number of hydrogen-bond acceptors (Lipinski definition) is 1. The summed E-state index contributed by atoms with van der Waals surface area (Å²) in [6.07, 6.45) is 18.2. The lowest BCUT2D eigenvalue weighted by Crippen LogP contribution is -2.30. The normalized spacial score (nSPS) is 17.9. The summed E-state index contributed by atoms with van der Waals surface area (Å²) in [6.45, 7) is 4.74. The van der Waals surface area contributed by atoms with E-state index in [4.69, 9.17) is 0 Å². The molecule has 2 unspecified atom stereocenters. The molecule has 0 amide bonds. The van der Waals surface area contributed by atoms with Gasteiger partial charge in [-0.3, -0.25) is 0 Å². The molecule has 59 heavy (non-hydrogen) atoms. The lowest BCUT2D eigenvalue weighted by atomic mass is 9.82. The van der Waals surface area contributed by atoms with Crippen LogP contribution in [0.15, 0.2) is 194 Å². The molecule has 0 saturated heterocycles. The molecule has 2 nitrogen and oxygen atoms in total. The minimum absolute atomic E-state index is 0.0477. The van der Waals surface area contributed by atoms with Crippen LogP contribution in [-0.2, 0) is 5.41 Å². The Morgan fingerprint density at radius 3 is 2.10 bits per heavy atom. The largest absolute Gasteiger partial charge is 0.334 e. The number of allylic oxidation sites excluding steroid dienone is 6. The van der Waals surface area contributed by atoms with Crippen molar-refractivity contribution in [2.24, 2.45) is 0 Å². The third-order valence-corrected chi connectivity index (χ3v) is 13.6. The lowest BCUT2D eigenvalue weighted by Gasteiger charge is -2.34. The quantitative estimate of drug-likeness (QED) is 0.159. The number of nitrogens with zero attached hydrogens (tertiary/aromatic N) is 2. The van der Waals surface area contributed by atoms with Crippen molar-refractivity contribution >= 4 is 71.2 Å². The van der Waals surface area contributed by atoms with Crippen LogP contribution in [0.1, 0.15) is 49.3 Å². The number of anilines is 2. The molecule has 12 rings (SSSR count). The summed E-state index contributed by atoms with van der Waals surface area (Å²) in [6, 6.07) is 57.1. The van der Waals surface area contributed by atoms with Crippen LogP contribution in [0, 0.1) is 0 Å². The highest BCUT2D eigenvalue weighted by Gasteiger charge is 2.36. The van der Waals surface area contributed by atoms with Gasteiger partial charge >= 0.3 is 0 Å². The second-order valence-corrected chi connectivity index (χ2v) is 17.1. The average molecular weight is 757 g/mol. The average Bonchev–Trinajstić information content (AvgIpc) is 3.76. The fourth-order valence-corrected chi connectivity index (χ4v) is 10.7. The standard InChI is InChI=1S/C57H44N2/c1-57(2)51-22-12-10-19-46(51)47-35-33-43(36-52(47)57)58(40-15-4-3-5-16-40)41-29-24-37(25-30-41)38-26-31-42(32-27-38)59-53-23-13-11-21-50(53)55-54-44-17-7-6-14-39(44)28-34-48(54)45-18-8-9-20-49(45)56(55)59/h3-15,17-26,28-36,38,40H,16,27H2,1-2H3. The predicted molar refractivity (Wildman–Crippen MR) is 252 cm³/mol. The van der Waals surface area contributed by atoms with Gasteiger partial charge in [0.1, 0.15) is 0 Å². The summed E-state index contributed by atoms with van der Waals surface area (Å²) < 4.78 is 2.53. The number of aromatic nitrogens is 1. The van der Waals surface area contributed by atoms with E-state index in [1.54, 1.807) is 0 Å². The zero-order valence-corrected chi connectivity index (χ0v) is 33.4. The maximum atomic E-state index is 2.54. The molecule has 0 aliphatic heterocycles. The van der Waals surface area contributed by atoms with Crippen LogP contribution in [0.25, 0.3) is 70.9 Å². The second kappa shape index (κ2) is 13.1. The lowest BCUT2D eigenvalue weighted by molar-refractivity contribution is 0.659. The zero-order valence-electron chi connectivity index (χ0n) is 33.4. The van der Waals surface area contributed by atoms with Crippen molar-refractivity contribution in [3.8, 4) is 11.1 Å². The molecule has 9 aromatic rings. The summed E-state index contributed by atoms with van der Waals surface area (Å²) in [7, 11) is 0. The molecule has 2 heteroatoms. The molecule has 3 aliphatic carbocycles. The molecule has 0 N–H and O–H groups in total. The van der Waals surface area contributed by atoms with E-state index in [1.807, 2.05) is 0 Å². The Balaban J connectivity index is 0.920. The number of fused-ring (bicyclic) bond motifs is 13. The Hall–Kier alpha value is -6.90. The molecular weight excluding hydrogens is 713 g/mol. The van der Waals surface area contributed by atoms with Crippen molar-refractivity contribution in [2.45, 2.75) is 44.1 Å². The van der Waals surface area contributed by atoms with Crippen LogP contribution in [-0.4, -0.2) is 10.6 Å². The van der Waals surface area contributed by atoms with Crippen molar-refractivity contribution in [3.63, 3.8) is 0 Å². The van der Waals surface area contributed by atoms with E-state index >= 15 is 0 Å². The van der Waals surface area contributed by atoms with E-state index in [9.17, 15) is 0 Å². The Bertz CT molecular complexity index is 3310. The predicted octanol–water partition coefficient (Wildman–Crippen LogP) is 15.2. The van der Waals surface area contributed by atoms with E-state index in [1.165, 1.54) is 99.0 Å². The fraction of sp³-hybridized carbons (Fsp3) is 0.123. The molecular formula is C57H44N2. The molecule has 2 atom stereocenters. The van der Waals surface area contributed by atoms with Gasteiger partial charge in [-0.05, 0) is 98.6 Å². The fourth-order valence-electron chi connectivity index (χ4n) is 10.7. The summed E-state index contributed by atoms with van der Waals surface area (Å²) in [5.74, 6) is 0.299. The SMILES string of the molecule is CC1(C)c2ccccc2-c2ccc(N(c3ccc(C4C=CC(n5c6ccccc6c6c7c8ccccc8ccc7c7ccccc7c65)=CC4)cc3)C3C=CC=CC3)cc21. The minimum Gasteiger partial charge on any atom is -0.334 e. The van der Waals surface area contributed by atoms with Crippen LogP contribution in [0.4, 0.5) is 11.4 Å². The Kier molecular flexibility index (Phi) is 7.56. The zero-order chi connectivity index (χ0) is 39.2. The summed E-state index contributed by atoms with van der Waals surface area (Å²) in [4.78, 5) is 2.54. The first-order valence-electron chi connectivity index (χ1n) is 21.2. The van der Waals surface area contributed by atoms with Gasteiger partial charge in [-0.2, -0.15) is 0 Å². The topological polar surface area (TPSA) is 8.17 Å². The van der Waals surface area contributed by atoms with Gasteiger partial charge in [-0.1, -0.05) is 172 Å².